The third kappa shape index (κ3) is 5.27. The van der Waals surface area contributed by atoms with E-state index in [9.17, 15) is 4.79 Å². The Labute approximate surface area is 235 Å². The van der Waals surface area contributed by atoms with E-state index in [1.54, 1.807) is 17.4 Å². The second-order valence-electron chi connectivity index (χ2n) is 9.86. The van der Waals surface area contributed by atoms with Crippen molar-refractivity contribution in [2.24, 2.45) is 0 Å². The number of thiazole rings is 1. The number of anilines is 1. The normalized spacial score (nSPS) is 16.7. The molecule has 4 aromatic rings. The number of carbonyl (C=O) groups excluding carboxylic acids is 1. The number of benzene rings is 2. The molecule has 0 radical (unpaired) electrons. The number of aromatic nitrogens is 2. The van der Waals surface area contributed by atoms with E-state index in [1.807, 2.05) is 37.3 Å². The number of nitrogens with zero attached hydrogens (tertiary/aromatic N) is 3. The lowest BCUT2D eigenvalue weighted by atomic mass is 10.0. The van der Waals surface area contributed by atoms with Gasteiger partial charge < -0.3 is 14.6 Å². The van der Waals surface area contributed by atoms with Crippen LogP contribution in [0.2, 0.25) is 10.0 Å². The Morgan fingerprint density at radius 3 is 2.63 bits per heavy atom. The third-order valence-electron chi connectivity index (χ3n) is 7.16. The highest BCUT2D eigenvalue weighted by atomic mass is 35.5. The summed E-state index contributed by atoms with van der Waals surface area (Å²) in [4.78, 5) is 19.3. The Bertz CT molecular complexity index is 1450. The van der Waals surface area contributed by atoms with Gasteiger partial charge in [-0.05, 0) is 62.9 Å². The lowest BCUT2D eigenvalue weighted by molar-refractivity contribution is 0.0526. The third-order valence-corrected chi connectivity index (χ3v) is 8.74. The molecule has 1 N–H and O–H groups in total. The summed E-state index contributed by atoms with van der Waals surface area (Å²) in [6.07, 6.45) is 4.26. The molecule has 2 aliphatic rings. The highest BCUT2D eigenvalue weighted by molar-refractivity contribution is 7.22. The van der Waals surface area contributed by atoms with Crippen LogP contribution in [0.25, 0.3) is 21.5 Å². The predicted molar refractivity (Wildman–Crippen MR) is 151 cm³/mol. The number of fused-ring (bicyclic) bond motifs is 1. The molecule has 0 atom stereocenters. The topological polar surface area (TPSA) is 80.5 Å². The molecule has 10 heteroatoms. The smallest absolute Gasteiger partial charge is 0.338 e. The van der Waals surface area contributed by atoms with Crippen LogP contribution in [0.3, 0.4) is 0 Å². The fourth-order valence-electron chi connectivity index (χ4n) is 5.02. The van der Waals surface area contributed by atoms with Crippen molar-refractivity contribution in [3.05, 3.63) is 63.3 Å². The van der Waals surface area contributed by atoms with E-state index in [4.69, 9.17) is 37.4 Å². The van der Waals surface area contributed by atoms with E-state index in [2.05, 4.69) is 15.4 Å². The molecule has 198 valence electrons. The van der Waals surface area contributed by atoms with Crippen molar-refractivity contribution in [1.82, 2.24) is 15.0 Å². The molecule has 2 fully saturated rings. The predicted octanol–water partition coefficient (Wildman–Crippen LogP) is 7.39. The Morgan fingerprint density at radius 1 is 1.16 bits per heavy atom. The molecule has 6 rings (SSSR count). The van der Waals surface area contributed by atoms with Crippen molar-refractivity contribution in [3.63, 3.8) is 0 Å². The van der Waals surface area contributed by atoms with Gasteiger partial charge in [0.1, 0.15) is 11.5 Å². The SMILES string of the molecule is CCOC(=O)c1ccc2nc(NC3CCN(Cc4c(-c5c(Cl)cccc5Cl)noc4C4CC4)CC3)sc2c1. The molecule has 3 heterocycles. The van der Waals surface area contributed by atoms with Gasteiger partial charge >= 0.3 is 5.97 Å². The summed E-state index contributed by atoms with van der Waals surface area (Å²) >= 11 is 14.6. The summed E-state index contributed by atoms with van der Waals surface area (Å²) in [7, 11) is 0. The molecule has 2 aromatic heterocycles. The number of halogens is 2. The largest absolute Gasteiger partial charge is 0.462 e. The zero-order chi connectivity index (χ0) is 26.2. The van der Waals surface area contributed by atoms with E-state index < -0.39 is 0 Å². The number of hydrogen-bond donors (Lipinski definition) is 1. The molecule has 1 saturated heterocycles. The minimum atomic E-state index is -0.303. The van der Waals surface area contributed by atoms with Crippen LogP contribution in [0, 0.1) is 0 Å². The lowest BCUT2D eigenvalue weighted by Crippen LogP contribution is -2.38. The maximum atomic E-state index is 12.1. The van der Waals surface area contributed by atoms with Gasteiger partial charge in [0.25, 0.3) is 0 Å². The number of esters is 1. The number of piperidine rings is 1. The minimum Gasteiger partial charge on any atom is -0.462 e. The maximum absolute atomic E-state index is 12.1. The van der Waals surface area contributed by atoms with Crippen LogP contribution in [0.4, 0.5) is 5.13 Å². The lowest BCUT2D eigenvalue weighted by Gasteiger charge is -2.32. The number of carbonyl (C=O) groups is 1. The van der Waals surface area contributed by atoms with Crippen LogP contribution in [0.5, 0.6) is 0 Å². The van der Waals surface area contributed by atoms with Crippen molar-refractivity contribution in [1.29, 1.82) is 0 Å². The zero-order valence-corrected chi connectivity index (χ0v) is 23.3. The van der Waals surface area contributed by atoms with E-state index in [0.29, 0.717) is 34.2 Å². The molecule has 0 bridgehead atoms. The highest BCUT2D eigenvalue weighted by Crippen LogP contribution is 2.46. The zero-order valence-electron chi connectivity index (χ0n) is 21.0. The first-order valence-corrected chi connectivity index (χ1v) is 14.6. The molecule has 1 aliphatic heterocycles. The summed E-state index contributed by atoms with van der Waals surface area (Å²) in [5.41, 5.74) is 4.06. The van der Waals surface area contributed by atoms with Crippen LogP contribution in [-0.4, -0.2) is 46.7 Å². The molecule has 7 nitrogen and oxygen atoms in total. The summed E-state index contributed by atoms with van der Waals surface area (Å²) in [6, 6.07) is 11.4. The van der Waals surface area contributed by atoms with Crippen molar-refractivity contribution < 1.29 is 14.1 Å². The van der Waals surface area contributed by atoms with Gasteiger partial charge in [0.05, 0.1) is 32.4 Å². The number of rotatable bonds is 8. The summed E-state index contributed by atoms with van der Waals surface area (Å²) in [5.74, 6) is 1.12. The van der Waals surface area contributed by atoms with Crippen molar-refractivity contribution in [2.75, 3.05) is 25.0 Å². The Balaban J connectivity index is 1.12. The Hall–Kier alpha value is -2.65. The summed E-state index contributed by atoms with van der Waals surface area (Å²) in [6.45, 7) is 4.82. The number of hydrogen-bond acceptors (Lipinski definition) is 8. The molecule has 1 aliphatic carbocycles. The van der Waals surface area contributed by atoms with E-state index in [0.717, 1.165) is 83.2 Å². The number of ether oxygens (including phenoxy) is 1. The van der Waals surface area contributed by atoms with E-state index in [-0.39, 0.29) is 5.97 Å². The molecular weight excluding hydrogens is 543 g/mol. The van der Waals surface area contributed by atoms with Crippen molar-refractivity contribution in [3.8, 4) is 11.3 Å². The molecule has 0 spiro atoms. The van der Waals surface area contributed by atoms with Gasteiger partial charge in [-0.3, -0.25) is 4.90 Å². The standard InChI is InChI=1S/C28H28Cl2N4O3S/c1-2-36-27(35)17-8-9-22-23(14-17)38-28(32-22)31-18-10-12-34(13-11-18)15-19-25(33-37-26(19)16-6-7-16)24-20(29)4-3-5-21(24)30/h3-5,8-9,14,16,18H,2,6-7,10-13,15H2,1H3,(H,31,32). The first-order chi connectivity index (χ1) is 18.5. The van der Waals surface area contributed by atoms with Crippen LogP contribution < -0.4 is 5.32 Å². The molecule has 1 saturated carbocycles. The molecule has 38 heavy (non-hydrogen) atoms. The number of likely N-dealkylation sites (tertiary alicyclic amines) is 1. The van der Waals surface area contributed by atoms with Gasteiger partial charge in [-0.2, -0.15) is 0 Å². The summed E-state index contributed by atoms with van der Waals surface area (Å²) < 4.78 is 11.9. The second-order valence-corrected chi connectivity index (χ2v) is 11.7. The molecular formula is C28H28Cl2N4O3S. The fourth-order valence-corrected chi connectivity index (χ4v) is 6.58. The molecule has 0 unspecified atom stereocenters. The maximum Gasteiger partial charge on any atom is 0.338 e. The van der Waals surface area contributed by atoms with Gasteiger partial charge in [-0.15, -0.1) is 0 Å². The van der Waals surface area contributed by atoms with Crippen LogP contribution in [-0.2, 0) is 11.3 Å². The van der Waals surface area contributed by atoms with Crippen LogP contribution in [0.1, 0.15) is 60.2 Å². The molecule has 2 aromatic carbocycles. The molecule has 0 amide bonds. The van der Waals surface area contributed by atoms with Crippen molar-refractivity contribution in [2.45, 2.75) is 51.1 Å². The Kier molecular flexibility index (Phi) is 7.31. The minimum absolute atomic E-state index is 0.303. The average Bonchev–Trinajstić information content (AvgIpc) is 3.55. The Morgan fingerprint density at radius 2 is 1.92 bits per heavy atom. The first-order valence-electron chi connectivity index (χ1n) is 13.0. The first kappa shape index (κ1) is 25.6. The number of nitrogens with one attached hydrogen (secondary N) is 1. The van der Waals surface area contributed by atoms with Gasteiger partial charge in [-0.25, -0.2) is 9.78 Å². The van der Waals surface area contributed by atoms with E-state index in [1.165, 1.54) is 0 Å². The average molecular weight is 572 g/mol. The monoisotopic (exact) mass is 570 g/mol. The van der Waals surface area contributed by atoms with Crippen LogP contribution in [0.15, 0.2) is 40.9 Å². The fraction of sp³-hybridized carbons (Fsp3) is 0.393. The van der Waals surface area contributed by atoms with Crippen molar-refractivity contribution >= 4 is 55.9 Å². The highest BCUT2D eigenvalue weighted by Gasteiger charge is 2.34. The second kappa shape index (κ2) is 10.8. The van der Waals surface area contributed by atoms with Gasteiger partial charge in [-0.1, -0.05) is 45.8 Å². The van der Waals surface area contributed by atoms with Gasteiger partial charge in [0.2, 0.25) is 0 Å². The van der Waals surface area contributed by atoms with Gasteiger partial charge in [0.15, 0.2) is 5.13 Å². The quantitative estimate of drug-likeness (QED) is 0.221. The summed E-state index contributed by atoms with van der Waals surface area (Å²) in [5, 5.41) is 10.1. The van der Waals surface area contributed by atoms with E-state index >= 15 is 0 Å². The van der Waals surface area contributed by atoms with Crippen LogP contribution >= 0.6 is 34.5 Å². The van der Waals surface area contributed by atoms with Gasteiger partial charge in [0, 0.05) is 42.7 Å².